The Kier molecular flexibility index (Phi) is 3.75. The van der Waals surface area contributed by atoms with E-state index in [9.17, 15) is 4.39 Å². The summed E-state index contributed by atoms with van der Waals surface area (Å²) in [7, 11) is 1.95. The van der Waals surface area contributed by atoms with Gasteiger partial charge in [-0.1, -0.05) is 13.0 Å². The monoisotopic (exact) mass is 299 g/mol. The molecule has 1 N–H and O–H groups in total. The number of rotatable bonds is 4. The molecule has 0 saturated carbocycles. The van der Waals surface area contributed by atoms with Crippen molar-refractivity contribution in [3.63, 3.8) is 0 Å². The first-order chi connectivity index (χ1) is 10.6. The Bertz CT molecular complexity index is 825. The smallest absolute Gasteiger partial charge is 0.186 e. The van der Waals surface area contributed by atoms with Crippen LogP contribution in [0.25, 0.3) is 11.0 Å². The number of halogens is 1. The first kappa shape index (κ1) is 14.4. The number of aryl methyl sites for hydroxylation is 3. The Morgan fingerprint density at radius 2 is 2.09 bits per heavy atom. The Balaban J connectivity index is 1.87. The van der Waals surface area contributed by atoms with Gasteiger partial charge in [0.2, 0.25) is 0 Å². The number of aromatic nitrogens is 4. The summed E-state index contributed by atoms with van der Waals surface area (Å²) in [4.78, 5) is 12.5. The van der Waals surface area contributed by atoms with E-state index in [1.807, 2.05) is 37.6 Å². The SMILES string of the molecule is CCc1ncnc(NCc2nc3cc(C)ccc3n2C)c1F. The summed E-state index contributed by atoms with van der Waals surface area (Å²) >= 11 is 0. The molecule has 0 aliphatic heterocycles. The Morgan fingerprint density at radius 3 is 2.86 bits per heavy atom. The predicted molar refractivity (Wildman–Crippen MR) is 84.1 cm³/mol. The van der Waals surface area contributed by atoms with Crippen LogP contribution >= 0.6 is 0 Å². The fraction of sp³-hybridized carbons (Fsp3) is 0.312. The second-order valence-corrected chi connectivity index (χ2v) is 5.27. The lowest BCUT2D eigenvalue weighted by Crippen LogP contribution is -2.10. The lowest BCUT2D eigenvalue weighted by molar-refractivity contribution is 0.596. The minimum atomic E-state index is -0.389. The predicted octanol–water partition coefficient (Wildman–Crippen LogP) is 2.99. The summed E-state index contributed by atoms with van der Waals surface area (Å²) in [5.74, 6) is 0.659. The van der Waals surface area contributed by atoms with Crippen LogP contribution in [-0.2, 0) is 20.0 Å². The zero-order valence-corrected chi connectivity index (χ0v) is 12.9. The van der Waals surface area contributed by atoms with Gasteiger partial charge in [-0.15, -0.1) is 0 Å². The third kappa shape index (κ3) is 2.52. The van der Waals surface area contributed by atoms with Gasteiger partial charge in [-0.05, 0) is 31.0 Å². The number of benzene rings is 1. The van der Waals surface area contributed by atoms with Crippen molar-refractivity contribution in [1.82, 2.24) is 19.5 Å². The maximum Gasteiger partial charge on any atom is 0.186 e. The number of nitrogens with zero attached hydrogens (tertiary/aromatic N) is 4. The van der Waals surface area contributed by atoms with Crippen molar-refractivity contribution in [2.45, 2.75) is 26.8 Å². The van der Waals surface area contributed by atoms with Crippen LogP contribution in [0.3, 0.4) is 0 Å². The van der Waals surface area contributed by atoms with E-state index in [-0.39, 0.29) is 11.6 Å². The lowest BCUT2D eigenvalue weighted by Gasteiger charge is -2.08. The second kappa shape index (κ2) is 5.71. The standard InChI is InChI=1S/C16H18FN5/c1-4-11-15(17)16(20-9-19-11)18-8-14-21-12-7-10(2)5-6-13(12)22(14)3/h5-7,9H,4,8H2,1-3H3,(H,18,19,20). The first-order valence-corrected chi connectivity index (χ1v) is 7.25. The van der Waals surface area contributed by atoms with E-state index in [1.54, 1.807) is 0 Å². The third-order valence-corrected chi connectivity index (χ3v) is 3.74. The van der Waals surface area contributed by atoms with E-state index < -0.39 is 0 Å². The molecular weight excluding hydrogens is 281 g/mol. The van der Waals surface area contributed by atoms with Crippen molar-refractivity contribution in [3.05, 3.63) is 47.4 Å². The molecule has 0 atom stereocenters. The molecule has 0 unspecified atom stereocenters. The highest BCUT2D eigenvalue weighted by molar-refractivity contribution is 5.76. The molecule has 22 heavy (non-hydrogen) atoms. The molecule has 3 aromatic rings. The van der Waals surface area contributed by atoms with Gasteiger partial charge in [0, 0.05) is 7.05 Å². The molecule has 0 aliphatic rings. The molecule has 3 rings (SSSR count). The molecule has 2 aromatic heterocycles. The Morgan fingerprint density at radius 1 is 1.27 bits per heavy atom. The van der Waals surface area contributed by atoms with Gasteiger partial charge in [0.05, 0.1) is 23.3 Å². The van der Waals surface area contributed by atoms with E-state index in [4.69, 9.17) is 0 Å². The summed E-state index contributed by atoms with van der Waals surface area (Å²) in [6, 6.07) is 6.14. The summed E-state index contributed by atoms with van der Waals surface area (Å²) < 4.78 is 16.1. The highest BCUT2D eigenvalue weighted by atomic mass is 19.1. The molecule has 0 spiro atoms. The maximum absolute atomic E-state index is 14.1. The van der Waals surface area contributed by atoms with Crippen LogP contribution in [0.15, 0.2) is 24.5 Å². The molecule has 0 fully saturated rings. The second-order valence-electron chi connectivity index (χ2n) is 5.27. The molecule has 5 nitrogen and oxygen atoms in total. The van der Waals surface area contributed by atoms with Crippen molar-refractivity contribution in [1.29, 1.82) is 0 Å². The van der Waals surface area contributed by atoms with Crippen LogP contribution in [0.5, 0.6) is 0 Å². The lowest BCUT2D eigenvalue weighted by atomic mass is 10.2. The van der Waals surface area contributed by atoms with E-state index in [2.05, 4.69) is 26.3 Å². The minimum absolute atomic E-state index is 0.218. The van der Waals surface area contributed by atoms with Gasteiger partial charge >= 0.3 is 0 Å². The van der Waals surface area contributed by atoms with E-state index >= 15 is 0 Å². The Hall–Kier alpha value is -2.50. The fourth-order valence-electron chi connectivity index (χ4n) is 2.46. The van der Waals surface area contributed by atoms with Crippen LogP contribution in [0, 0.1) is 12.7 Å². The molecule has 0 aliphatic carbocycles. The van der Waals surface area contributed by atoms with E-state index in [1.165, 1.54) is 11.9 Å². The average Bonchev–Trinajstić information content (AvgIpc) is 2.82. The minimum Gasteiger partial charge on any atom is -0.360 e. The average molecular weight is 299 g/mol. The van der Waals surface area contributed by atoms with Crippen molar-refractivity contribution >= 4 is 16.9 Å². The zero-order chi connectivity index (χ0) is 15.7. The summed E-state index contributed by atoms with van der Waals surface area (Å²) in [5.41, 5.74) is 3.58. The molecule has 0 amide bonds. The van der Waals surface area contributed by atoms with Crippen LogP contribution in [0.2, 0.25) is 0 Å². The van der Waals surface area contributed by atoms with Gasteiger partial charge in [-0.3, -0.25) is 0 Å². The van der Waals surface area contributed by atoms with E-state index in [0.29, 0.717) is 18.7 Å². The fourth-order valence-corrected chi connectivity index (χ4v) is 2.46. The van der Waals surface area contributed by atoms with Crippen molar-refractivity contribution in [2.75, 3.05) is 5.32 Å². The van der Waals surface area contributed by atoms with Gasteiger partial charge < -0.3 is 9.88 Å². The molecule has 2 heterocycles. The highest BCUT2D eigenvalue weighted by Gasteiger charge is 2.12. The largest absolute Gasteiger partial charge is 0.360 e. The number of anilines is 1. The van der Waals surface area contributed by atoms with Crippen molar-refractivity contribution in [2.24, 2.45) is 7.05 Å². The maximum atomic E-state index is 14.1. The topological polar surface area (TPSA) is 55.6 Å². The van der Waals surface area contributed by atoms with Crippen LogP contribution in [0.1, 0.15) is 24.0 Å². The van der Waals surface area contributed by atoms with Gasteiger partial charge in [0.1, 0.15) is 12.2 Å². The van der Waals surface area contributed by atoms with Crippen LogP contribution in [0.4, 0.5) is 10.2 Å². The van der Waals surface area contributed by atoms with Crippen LogP contribution < -0.4 is 5.32 Å². The van der Waals surface area contributed by atoms with Crippen molar-refractivity contribution in [3.8, 4) is 0 Å². The van der Waals surface area contributed by atoms with Gasteiger partial charge in [-0.2, -0.15) is 0 Å². The molecule has 0 radical (unpaired) electrons. The number of imidazole rings is 1. The number of nitrogens with one attached hydrogen (secondary N) is 1. The summed E-state index contributed by atoms with van der Waals surface area (Å²) in [6.45, 7) is 4.30. The van der Waals surface area contributed by atoms with Gasteiger partial charge in [0.25, 0.3) is 0 Å². The summed E-state index contributed by atoms with van der Waals surface area (Å²) in [6.07, 6.45) is 1.91. The Labute approximate surface area is 128 Å². The van der Waals surface area contributed by atoms with E-state index in [0.717, 1.165) is 16.9 Å². The van der Waals surface area contributed by atoms with Gasteiger partial charge in [-0.25, -0.2) is 19.3 Å². The normalized spacial score (nSPS) is 11.1. The molecule has 0 bridgehead atoms. The molecular formula is C16H18FN5. The summed E-state index contributed by atoms with van der Waals surface area (Å²) in [5, 5.41) is 3.01. The van der Waals surface area contributed by atoms with Gasteiger partial charge in [0.15, 0.2) is 11.6 Å². The number of hydrogen-bond donors (Lipinski definition) is 1. The first-order valence-electron chi connectivity index (χ1n) is 7.25. The third-order valence-electron chi connectivity index (χ3n) is 3.74. The molecule has 0 saturated heterocycles. The quantitative estimate of drug-likeness (QED) is 0.804. The molecule has 114 valence electrons. The number of hydrogen-bond acceptors (Lipinski definition) is 4. The molecule has 6 heteroatoms. The highest BCUT2D eigenvalue weighted by Crippen LogP contribution is 2.18. The number of fused-ring (bicyclic) bond motifs is 1. The van der Waals surface area contributed by atoms with Crippen LogP contribution in [-0.4, -0.2) is 19.5 Å². The van der Waals surface area contributed by atoms with Crippen molar-refractivity contribution < 1.29 is 4.39 Å². The zero-order valence-electron chi connectivity index (χ0n) is 12.9. The molecule has 1 aromatic carbocycles.